The Morgan fingerprint density at radius 3 is 2.81 bits per heavy atom. The van der Waals surface area contributed by atoms with E-state index in [1.54, 1.807) is 16.4 Å². The van der Waals surface area contributed by atoms with Crippen LogP contribution in [0, 0.1) is 0 Å². The van der Waals surface area contributed by atoms with E-state index in [0.717, 1.165) is 39.9 Å². The Hall–Kier alpha value is -2.80. The van der Waals surface area contributed by atoms with E-state index in [0.29, 0.717) is 5.69 Å². The maximum absolute atomic E-state index is 13.0. The number of fused-ring (bicyclic) bond motifs is 2. The molecule has 7 heteroatoms. The number of nitrogens with one attached hydrogen (secondary N) is 2. The molecule has 0 spiro atoms. The van der Waals surface area contributed by atoms with Crippen LogP contribution in [0.1, 0.15) is 28.8 Å². The van der Waals surface area contributed by atoms with Crippen LogP contribution in [-0.2, 0) is 7.05 Å². The number of aromatic nitrogens is 4. The Morgan fingerprint density at radius 1 is 1.22 bits per heavy atom. The van der Waals surface area contributed by atoms with Crippen molar-refractivity contribution < 1.29 is 4.79 Å². The molecule has 0 bridgehead atoms. The fraction of sp³-hybridized carbons (Fsp3) is 0.250. The monoisotopic (exact) mass is 379 g/mol. The lowest BCUT2D eigenvalue weighted by molar-refractivity contribution is 0.0930. The van der Waals surface area contributed by atoms with E-state index in [-0.39, 0.29) is 11.9 Å². The van der Waals surface area contributed by atoms with E-state index in [2.05, 4.69) is 26.6 Å². The number of benzene rings is 2. The molecule has 4 rings (SSSR count). The Bertz CT molecular complexity index is 1070. The summed E-state index contributed by atoms with van der Waals surface area (Å²) in [5.41, 5.74) is 3.25. The first-order valence-electron chi connectivity index (χ1n) is 8.83. The first-order chi connectivity index (χ1) is 13.2. The molecule has 1 atom stereocenters. The van der Waals surface area contributed by atoms with Gasteiger partial charge in [0.15, 0.2) is 5.69 Å². The lowest BCUT2D eigenvalue weighted by atomic mass is 10.1. The highest BCUT2D eigenvalue weighted by Crippen LogP contribution is 2.22. The van der Waals surface area contributed by atoms with Gasteiger partial charge in [-0.3, -0.25) is 9.48 Å². The van der Waals surface area contributed by atoms with Crippen molar-refractivity contribution >= 4 is 39.6 Å². The van der Waals surface area contributed by atoms with Gasteiger partial charge in [-0.2, -0.15) is 16.9 Å². The van der Waals surface area contributed by atoms with Crippen LogP contribution in [0.15, 0.2) is 48.5 Å². The average molecular weight is 379 g/mol. The van der Waals surface area contributed by atoms with Gasteiger partial charge in [0.25, 0.3) is 5.91 Å². The summed E-state index contributed by atoms with van der Waals surface area (Å²) in [6.07, 6.45) is 2.85. The van der Waals surface area contributed by atoms with Gasteiger partial charge in [-0.15, -0.1) is 0 Å². The molecule has 2 aromatic heterocycles. The van der Waals surface area contributed by atoms with Gasteiger partial charge in [0.05, 0.1) is 22.6 Å². The second-order valence-corrected chi connectivity index (χ2v) is 7.42. The minimum absolute atomic E-state index is 0.182. The molecule has 0 saturated carbocycles. The van der Waals surface area contributed by atoms with Gasteiger partial charge in [-0.1, -0.05) is 30.3 Å². The maximum atomic E-state index is 13.0. The van der Waals surface area contributed by atoms with Crippen LogP contribution < -0.4 is 5.32 Å². The van der Waals surface area contributed by atoms with Gasteiger partial charge in [0.1, 0.15) is 5.82 Å². The summed E-state index contributed by atoms with van der Waals surface area (Å²) in [7, 11) is 1.85. The zero-order chi connectivity index (χ0) is 18.8. The number of carbonyl (C=O) groups excluding carboxylic acids is 1. The van der Waals surface area contributed by atoms with Crippen LogP contribution >= 0.6 is 11.8 Å². The molecular weight excluding hydrogens is 358 g/mol. The summed E-state index contributed by atoms with van der Waals surface area (Å²) >= 11 is 1.75. The van der Waals surface area contributed by atoms with Crippen molar-refractivity contribution in [3.05, 3.63) is 60.0 Å². The van der Waals surface area contributed by atoms with Gasteiger partial charge in [-0.05, 0) is 36.6 Å². The molecule has 0 fully saturated rings. The summed E-state index contributed by atoms with van der Waals surface area (Å²) in [6, 6.07) is 15.5. The Kier molecular flexibility index (Phi) is 4.85. The zero-order valence-electron chi connectivity index (χ0n) is 15.3. The minimum Gasteiger partial charge on any atom is -0.341 e. The van der Waals surface area contributed by atoms with E-state index < -0.39 is 0 Å². The molecule has 0 radical (unpaired) electrons. The Balaban J connectivity index is 1.65. The van der Waals surface area contributed by atoms with Crippen molar-refractivity contribution in [1.82, 2.24) is 25.1 Å². The summed E-state index contributed by atoms with van der Waals surface area (Å²) in [4.78, 5) is 21.0. The van der Waals surface area contributed by atoms with Crippen LogP contribution in [0.25, 0.3) is 21.9 Å². The smallest absolute Gasteiger partial charge is 0.273 e. The van der Waals surface area contributed by atoms with Crippen molar-refractivity contribution in [2.24, 2.45) is 7.05 Å². The number of rotatable bonds is 6. The first-order valence-corrected chi connectivity index (χ1v) is 10.2. The summed E-state index contributed by atoms with van der Waals surface area (Å²) in [6.45, 7) is 0. The number of hydrogen-bond donors (Lipinski definition) is 2. The normalized spacial score (nSPS) is 12.5. The number of aryl methyl sites for hydroxylation is 1. The molecule has 2 heterocycles. The number of para-hydroxylation sites is 3. The molecule has 27 heavy (non-hydrogen) atoms. The fourth-order valence-corrected chi connectivity index (χ4v) is 3.73. The van der Waals surface area contributed by atoms with Crippen molar-refractivity contribution in [3.8, 4) is 0 Å². The van der Waals surface area contributed by atoms with E-state index in [1.807, 2.05) is 55.6 Å². The van der Waals surface area contributed by atoms with Crippen molar-refractivity contribution in [2.75, 3.05) is 12.0 Å². The second kappa shape index (κ2) is 7.44. The van der Waals surface area contributed by atoms with Crippen LogP contribution in [0.4, 0.5) is 0 Å². The van der Waals surface area contributed by atoms with Gasteiger partial charge < -0.3 is 10.3 Å². The SMILES string of the molecule is CSCCC(NC(=O)c1nn(C)c2ccccc12)c1nc2ccccc2[nH]1. The lowest BCUT2D eigenvalue weighted by Gasteiger charge is -2.15. The summed E-state index contributed by atoms with van der Waals surface area (Å²) < 4.78 is 1.74. The average Bonchev–Trinajstić information content (AvgIpc) is 3.27. The number of aromatic amines is 1. The lowest BCUT2D eigenvalue weighted by Crippen LogP contribution is -2.30. The topological polar surface area (TPSA) is 75.6 Å². The molecule has 0 aliphatic carbocycles. The Labute approximate surface area is 161 Å². The number of nitrogens with zero attached hydrogens (tertiary/aromatic N) is 3. The molecule has 0 aliphatic rings. The number of carbonyl (C=O) groups is 1. The predicted octanol–water partition coefficient (Wildman–Crippen LogP) is 3.67. The predicted molar refractivity (Wildman–Crippen MR) is 110 cm³/mol. The molecule has 1 unspecified atom stereocenters. The molecular formula is C20H21N5OS. The van der Waals surface area contributed by atoms with Gasteiger partial charge in [-0.25, -0.2) is 4.98 Å². The van der Waals surface area contributed by atoms with Crippen molar-refractivity contribution in [3.63, 3.8) is 0 Å². The van der Waals surface area contributed by atoms with Crippen LogP contribution in [0.5, 0.6) is 0 Å². The standard InChI is InChI=1S/C20H21N5OS/c1-25-17-10-6-3-7-13(17)18(24-25)20(26)23-16(11-12-27-2)19-21-14-8-4-5-9-15(14)22-19/h3-10,16H,11-12H2,1-2H3,(H,21,22)(H,23,26). The molecule has 0 aliphatic heterocycles. The number of hydrogen-bond acceptors (Lipinski definition) is 4. The molecule has 6 nitrogen and oxygen atoms in total. The highest BCUT2D eigenvalue weighted by atomic mass is 32.2. The van der Waals surface area contributed by atoms with Crippen molar-refractivity contribution in [2.45, 2.75) is 12.5 Å². The van der Waals surface area contributed by atoms with E-state index in [4.69, 9.17) is 0 Å². The Morgan fingerprint density at radius 2 is 2.00 bits per heavy atom. The zero-order valence-corrected chi connectivity index (χ0v) is 16.1. The number of amides is 1. The van der Waals surface area contributed by atoms with Gasteiger partial charge in [0, 0.05) is 12.4 Å². The molecule has 0 saturated heterocycles. The number of H-pyrrole nitrogens is 1. The molecule has 4 aromatic rings. The third kappa shape index (κ3) is 3.42. The third-order valence-electron chi connectivity index (χ3n) is 4.63. The third-order valence-corrected chi connectivity index (χ3v) is 5.27. The second-order valence-electron chi connectivity index (χ2n) is 6.44. The van der Waals surface area contributed by atoms with Crippen LogP contribution in [0.2, 0.25) is 0 Å². The van der Waals surface area contributed by atoms with Gasteiger partial charge >= 0.3 is 0 Å². The first kappa shape index (κ1) is 17.6. The van der Waals surface area contributed by atoms with Crippen LogP contribution in [-0.4, -0.2) is 37.7 Å². The fourth-order valence-electron chi connectivity index (χ4n) is 3.26. The maximum Gasteiger partial charge on any atom is 0.273 e. The molecule has 138 valence electrons. The van der Waals surface area contributed by atoms with Gasteiger partial charge in [0.2, 0.25) is 0 Å². The highest BCUT2D eigenvalue weighted by molar-refractivity contribution is 7.98. The molecule has 1 amide bonds. The summed E-state index contributed by atoms with van der Waals surface area (Å²) in [5.74, 6) is 1.52. The minimum atomic E-state index is -0.196. The van der Waals surface area contributed by atoms with E-state index in [1.165, 1.54) is 0 Å². The quantitative estimate of drug-likeness (QED) is 0.536. The number of imidazole rings is 1. The van der Waals surface area contributed by atoms with E-state index in [9.17, 15) is 4.79 Å². The van der Waals surface area contributed by atoms with E-state index >= 15 is 0 Å². The van der Waals surface area contributed by atoms with Crippen molar-refractivity contribution in [1.29, 1.82) is 0 Å². The molecule has 2 N–H and O–H groups in total. The highest BCUT2D eigenvalue weighted by Gasteiger charge is 2.22. The molecule has 2 aromatic carbocycles. The summed E-state index contributed by atoms with van der Waals surface area (Å²) in [5, 5.41) is 8.41. The van der Waals surface area contributed by atoms with Crippen LogP contribution in [0.3, 0.4) is 0 Å². The largest absolute Gasteiger partial charge is 0.341 e. The number of thioether (sulfide) groups is 1.